The predicted molar refractivity (Wildman–Crippen MR) is 102 cm³/mol. The van der Waals surface area contributed by atoms with Gasteiger partial charge in [-0.25, -0.2) is 0 Å². The van der Waals surface area contributed by atoms with E-state index in [2.05, 4.69) is 26.5 Å². The molecule has 2 aromatic carbocycles. The van der Waals surface area contributed by atoms with E-state index < -0.39 is 0 Å². The second-order valence-corrected chi connectivity index (χ2v) is 6.42. The van der Waals surface area contributed by atoms with E-state index in [1.165, 1.54) is 17.6 Å². The monoisotopic (exact) mass is 347 g/mol. The minimum absolute atomic E-state index is 0.240. The van der Waals surface area contributed by atoms with Gasteiger partial charge in [0.2, 0.25) is 0 Å². The lowest BCUT2D eigenvalue weighted by atomic mass is 10.2. The average molecular weight is 347 g/mol. The van der Waals surface area contributed by atoms with Gasteiger partial charge in [0.25, 0.3) is 5.91 Å². The normalized spacial score (nSPS) is 13.8. The molecule has 0 radical (unpaired) electrons. The minimum atomic E-state index is -0.240. The summed E-state index contributed by atoms with van der Waals surface area (Å²) in [5, 5.41) is 11.8. The van der Waals surface area contributed by atoms with E-state index in [4.69, 9.17) is 0 Å². The lowest BCUT2D eigenvalue weighted by molar-refractivity contribution is 0.102. The van der Waals surface area contributed by atoms with Gasteiger partial charge in [-0.2, -0.15) is 9.90 Å². The van der Waals surface area contributed by atoms with Gasteiger partial charge in [-0.05, 0) is 44.0 Å². The molecule has 1 aliphatic heterocycles. The molecule has 132 valence electrons. The van der Waals surface area contributed by atoms with Crippen molar-refractivity contribution in [3.8, 4) is 5.69 Å². The Morgan fingerprint density at radius 1 is 0.962 bits per heavy atom. The lowest BCUT2D eigenvalue weighted by Crippen LogP contribution is -2.21. The van der Waals surface area contributed by atoms with Crippen molar-refractivity contribution in [2.45, 2.75) is 19.8 Å². The molecule has 0 aliphatic carbocycles. The summed E-state index contributed by atoms with van der Waals surface area (Å²) < 4.78 is 0. The van der Waals surface area contributed by atoms with Gasteiger partial charge in [0.1, 0.15) is 0 Å². The fourth-order valence-electron chi connectivity index (χ4n) is 3.26. The molecular weight excluding hydrogens is 326 g/mol. The predicted octanol–water partition coefficient (Wildman–Crippen LogP) is 3.43. The molecule has 1 saturated heterocycles. The molecule has 4 rings (SSSR count). The summed E-state index contributed by atoms with van der Waals surface area (Å²) in [6.45, 7) is 3.85. The largest absolute Gasteiger partial charge is 0.370 e. The molecule has 1 N–H and O–H groups in total. The maximum absolute atomic E-state index is 12.8. The van der Waals surface area contributed by atoms with E-state index in [1.807, 2.05) is 48.5 Å². The Bertz CT molecular complexity index is 913. The van der Waals surface area contributed by atoms with Gasteiger partial charge in [-0.3, -0.25) is 4.79 Å². The number of aryl methyl sites for hydroxylation is 1. The molecule has 26 heavy (non-hydrogen) atoms. The number of carbonyl (C=O) groups excluding carboxylic acids is 1. The topological polar surface area (TPSA) is 63.1 Å². The summed E-state index contributed by atoms with van der Waals surface area (Å²) in [7, 11) is 0. The number of nitrogens with zero attached hydrogens (tertiary/aromatic N) is 4. The van der Waals surface area contributed by atoms with E-state index in [9.17, 15) is 4.79 Å². The first-order valence-electron chi connectivity index (χ1n) is 8.87. The zero-order chi connectivity index (χ0) is 17.9. The Labute approximate surface area is 152 Å². The third-order valence-electron chi connectivity index (χ3n) is 4.58. The van der Waals surface area contributed by atoms with Crippen molar-refractivity contribution in [1.82, 2.24) is 15.0 Å². The Kier molecular flexibility index (Phi) is 4.39. The molecule has 0 saturated carbocycles. The fraction of sp³-hybridized carbons (Fsp3) is 0.250. The standard InChI is InChI=1S/C20H21N5O/c1-15-19(23-25(22-15)16-9-3-2-4-10-16)20(26)21-17-11-5-6-12-18(17)24-13-7-8-14-24/h2-6,9-12H,7-8,13-14H2,1H3,(H,21,26). The first kappa shape index (κ1) is 16.3. The van der Waals surface area contributed by atoms with Crippen LogP contribution in [0.5, 0.6) is 0 Å². The van der Waals surface area contributed by atoms with Gasteiger partial charge in [-0.15, -0.1) is 5.10 Å². The number of para-hydroxylation sites is 3. The maximum Gasteiger partial charge on any atom is 0.278 e. The highest BCUT2D eigenvalue weighted by atomic mass is 16.2. The number of hydrogen-bond donors (Lipinski definition) is 1. The summed E-state index contributed by atoms with van der Waals surface area (Å²) in [4.78, 5) is 16.6. The van der Waals surface area contributed by atoms with Gasteiger partial charge < -0.3 is 10.2 Å². The Balaban J connectivity index is 1.59. The number of carbonyl (C=O) groups is 1. The highest BCUT2D eigenvalue weighted by Gasteiger charge is 2.20. The molecule has 6 nitrogen and oxygen atoms in total. The van der Waals surface area contributed by atoms with Crippen LogP contribution in [0.25, 0.3) is 5.69 Å². The van der Waals surface area contributed by atoms with Crippen molar-refractivity contribution in [3.05, 3.63) is 66.0 Å². The highest BCUT2D eigenvalue weighted by Crippen LogP contribution is 2.29. The van der Waals surface area contributed by atoms with Crippen LogP contribution in [-0.4, -0.2) is 34.0 Å². The van der Waals surface area contributed by atoms with Gasteiger partial charge in [-0.1, -0.05) is 30.3 Å². The molecular formula is C20H21N5O. The van der Waals surface area contributed by atoms with Crippen molar-refractivity contribution in [1.29, 1.82) is 0 Å². The van der Waals surface area contributed by atoms with Crippen LogP contribution in [0, 0.1) is 6.92 Å². The van der Waals surface area contributed by atoms with Crippen LogP contribution in [0.4, 0.5) is 11.4 Å². The lowest BCUT2D eigenvalue weighted by Gasteiger charge is -2.21. The number of anilines is 2. The number of benzene rings is 2. The molecule has 6 heteroatoms. The van der Waals surface area contributed by atoms with Crippen molar-refractivity contribution >= 4 is 17.3 Å². The third kappa shape index (κ3) is 3.18. The van der Waals surface area contributed by atoms with Crippen LogP contribution in [0.15, 0.2) is 54.6 Å². The number of amides is 1. The smallest absolute Gasteiger partial charge is 0.278 e. The van der Waals surface area contributed by atoms with Crippen molar-refractivity contribution in [2.24, 2.45) is 0 Å². The minimum Gasteiger partial charge on any atom is -0.370 e. The molecule has 0 spiro atoms. The van der Waals surface area contributed by atoms with Crippen molar-refractivity contribution < 1.29 is 4.79 Å². The van der Waals surface area contributed by atoms with E-state index in [0.717, 1.165) is 30.2 Å². The molecule has 1 aliphatic rings. The van der Waals surface area contributed by atoms with Gasteiger partial charge in [0, 0.05) is 13.1 Å². The summed E-state index contributed by atoms with van der Waals surface area (Å²) in [6.07, 6.45) is 2.37. The molecule has 1 amide bonds. The number of rotatable bonds is 4. The van der Waals surface area contributed by atoms with Crippen LogP contribution in [0.1, 0.15) is 29.0 Å². The van der Waals surface area contributed by atoms with Crippen LogP contribution < -0.4 is 10.2 Å². The van der Waals surface area contributed by atoms with E-state index in [0.29, 0.717) is 11.4 Å². The van der Waals surface area contributed by atoms with Gasteiger partial charge in [0.05, 0.1) is 22.8 Å². The average Bonchev–Trinajstić information content (AvgIpc) is 3.33. The zero-order valence-electron chi connectivity index (χ0n) is 14.7. The molecule has 2 heterocycles. The van der Waals surface area contributed by atoms with Crippen LogP contribution in [-0.2, 0) is 0 Å². The molecule has 3 aromatic rings. The molecule has 0 bridgehead atoms. The zero-order valence-corrected chi connectivity index (χ0v) is 14.7. The molecule has 0 atom stereocenters. The van der Waals surface area contributed by atoms with Crippen molar-refractivity contribution in [2.75, 3.05) is 23.3 Å². The first-order valence-corrected chi connectivity index (χ1v) is 8.87. The van der Waals surface area contributed by atoms with Gasteiger partial charge in [0.15, 0.2) is 5.69 Å². The number of hydrogen-bond acceptors (Lipinski definition) is 4. The van der Waals surface area contributed by atoms with Gasteiger partial charge >= 0.3 is 0 Å². The second kappa shape index (κ2) is 7.00. The SMILES string of the molecule is Cc1nn(-c2ccccc2)nc1C(=O)Nc1ccccc1N1CCCC1. The van der Waals surface area contributed by atoms with Crippen LogP contribution in [0.3, 0.4) is 0 Å². The van der Waals surface area contributed by atoms with E-state index in [1.54, 1.807) is 6.92 Å². The first-order chi connectivity index (χ1) is 12.7. The maximum atomic E-state index is 12.8. The summed E-state index contributed by atoms with van der Waals surface area (Å²) in [5.74, 6) is -0.240. The van der Waals surface area contributed by atoms with Crippen LogP contribution >= 0.6 is 0 Å². The third-order valence-corrected chi connectivity index (χ3v) is 4.58. The van der Waals surface area contributed by atoms with Crippen molar-refractivity contribution in [3.63, 3.8) is 0 Å². The Morgan fingerprint density at radius 2 is 1.65 bits per heavy atom. The highest BCUT2D eigenvalue weighted by molar-refractivity contribution is 6.05. The number of aromatic nitrogens is 3. The van der Waals surface area contributed by atoms with E-state index >= 15 is 0 Å². The molecule has 1 fully saturated rings. The Morgan fingerprint density at radius 3 is 2.42 bits per heavy atom. The quantitative estimate of drug-likeness (QED) is 0.785. The van der Waals surface area contributed by atoms with Crippen LogP contribution in [0.2, 0.25) is 0 Å². The summed E-state index contributed by atoms with van der Waals surface area (Å²) >= 11 is 0. The molecule has 0 unspecified atom stereocenters. The fourth-order valence-corrected chi connectivity index (χ4v) is 3.26. The summed E-state index contributed by atoms with van der Waals surface area (Å²) in [6, 6.07) is 17.5. The molecule has 1 aromatic heterocycles. The second-order valence-electron chi connectivity index (χ2n) is 6.42. The van der Waals surface area contributed by atoms with E-state index in [-0.39, 0.29) is 5.91 Å². The Hall–Kier alpha value is -3.15. The number of nitrogens with one attached hydrogen (secondary N) is 1. The summed E-state index contributed by atoms with van der Waals surface area (Å²) in [5.41, 5.74) is 3.64.